The number of carbonyl (C=O) groups excluding carboxylic acids is 2. The molecule has 1 aromatic rings. The van der Waals surface area contributed by atoms with E-state index in [0.29, 0.717) is 25.4 Å². The number of hydrogen-bond donors (Lipinski definition) is 1. The predicted molar refractivity (Wildman–Crippen MR) is 107 cm³/mol. The number of hydroxylamine groups is 1. The van der Waals surface area contributed by atoms with Crippen molar-refractivity contribution in [2.75, 3.05) is 12.4 Å². The molecule has 0 saturated carbocycles. The topological polar surface area (TPSA) is 55.4 Å². The van der Waals surface area contributed by atoms with Crippen LogP contribution in [0.3, 0.4) is 0 Å². The maximum atomic E-state index is 12.4. The number of aldehydes is 1. The van der Waals surface area contributed by atoms with Gasteiger partial charge in [0, 0.05) is 16.3 Å². The summed E-state index contributed by atoms with van der Waals surface area (Å²) in [6.45, 7) is 4.35. The molecule has 1 aromatic carbocycles. The summed E-state index contributed by atoms with van der Waals surface area (Å²) in [6, 6.07) is 5.49. The summed E-state index contributed by atoms with van der Waals surface area (Å²) in [5, 5.41) is 0.792. The lowest BCUT2D eigenvalue weighted by Gasteiger charge is -2.22. The van der Waals surface area contributed by atoms with Crippen molar-refractivity contribution < 1.29 is 14.4 Å². The molecule has 2 unspecified atom stereocenters. The Hall–Kier alpha value is -1.14. The molecule has 0 heterocycles. The zero-order valence-corrected chi connectivity index (χ0v) is 16.9. The van der Waals surface area contributed by atoms with Crippen LogP contribution in [0.25, 0.3) is 0 Å². The fourth-order valence-electron chi connectivity index (χ4n) is 2.94. The third-order valence-electron chi connectivity index (χ3n) is 4.51. The molecule has 4 nitrogen and oxygen atoms in total. The van der Waals surface area contributed by atoms with E-state index in [1.807, 2.05) is 32.1 Å². The average Bonchev–Trinajstić information content (AvgIpc) is 2.63. The standard InChI is InChI=1S/C20H26ClNO3S/c1-3-25-22-17(13-23)12-16-8-7-15(11-19(16)24)9-10-26-20-6-4-5-18(21)14(20)2/h4-6,8,13,15,17,22H,3,7,9-12H2,1-2H3. The molecule has 0 saturated heterocycles. The lowest BCUT2D eigenvalue weighted by molar-refractivity contribution is -0.117. The van der Waals surface area contributed by atoms with Crippen LogP contribution < -0.4 is 5.48 Å². The Bertz CT molecular complexity index is 662. The number of allylic oxidation sites excluding steroid dienone is 1. The number of ketones is 1. The quantitative estimate of drug-likeness (QED) is 0.358. The van der Waals surface area contributed by atoms with Gasteiger partial charge in [-0.2, -0.15) is 5.48 Å². The lowest BCUT2D eigenvalue weighted by atomic mass is 9.85. The van der Waals surface area contributed by atoms with E-state index in [1.54, 1.807) is 11.8 Å². The maximum Gasteiger partial charge on any atom is 0.158 e. The third kappa shape index (κ3) is 6.23. The molecule has 26 heavy (non-hydrogen) atoms. The summed E-state index contributed by atoms with van der Waals surface area (Å²) >= 11 is 7.95. The van der Waals surface area contributed by atoms with Gasteiger partial charge in [0.1, 0.15) is 6.29 Å². The van der Waals surface area contributed by atoms with Gasteiger partial charge in [-0.25, -0.2) is 0 Å². The number of hydrogen-bond acceptors (Lipinski definition) is 5. The van der Waals surface area contributed by atoms with E-state index in [1.165, 1.54) is 4.90 Å². The van der Waals surface area contributed by atoms with E-state index in [9.17, 15) is 9.59 Å². The van der Waals surface area contributed by atoms with Gasteiger partial charge in [0.2, 0.25) is 0 Å². The number of halogens is 1. The molecule has 0 aromatic heterocycles. The lowest BCUT2D eigenvalue weighted by Crippen LogP contribution is -2.32. The Kier molecular flexibility index (Phi) is 8.85. The van der Waals surface area contributed by atoms with Gasteiger partial charge in [-0.15, -0.1) is 11.8 Å². The van der Waals surface area contributed by atoms with E-state index >= 15 is 0 Å². The number of benzene rings is 1. The molecule has 0 spiro atoms. The summed E-state index contributed by atoms with van der Waals surface area (Å²) in [4.78, 5) is 29.7. The highest BCUT2D eigenvalue weighted by Crippen LogP contribution is 2.31. The van der Waals surface area contributed by atoms with Crippen molar-refractivity contribution in [3.8, 4) is 0 Å². The minimum Gasteiger partial charge on any atom is -0.302 e. The van der Waals surface area contributed by atoms with Crippen molar-refractivity contribution in [2.45, 2.75) is 50.5 Å². The van der Waals surface area contributed by atoms with Crippen LogP contribution in [0.15, 0.2) is 34.7 Å². The van der Waals surface area contributed by atoms with Crippen molar-refractivity contribution in [1.29, 1.82) is 0 Å². The minimum absolute atomic E-state index is 0.148. The summed E-state index contributed by atoms with van der Waals surface area (Å²) < 4.78 is 0. The van der Waals surface area contributed by atoms with Crippen LogP contribution in [0.5, 0.6) is 0 Å². The Morgan fingerprint density at radius 3 is 2.96 bits per heavy atom. The van der Waals surface area contributed by atoms with Gasteiger partial charge in [-0.3, -0.25) is 4.79 Å². The van der Waals surface area contributed by atoms with Gasteiger partial charge in [-0.1, -0.05) is 23.7 Å². The second kappa shape index (κ2) is 10.9. The van der Waals surface area contributed by atoms with E-state index in [0.717, 1.165) is 41.0 Å². The molecule has 1 aliphatic carbocycles. The van der Waals surface area contributed by atoms with Gasteiger partial charge in [0.15, 0.2) is 5.78 Å². The molecule has 0 aliphatic heterocycles. The van der Waals surface area contributed by atoms with Gasteiger partial charge < -0.3 is 9.63 Å². The van der Waals surface area contributed by atoms with E-state index in [2.05, 4.69) is 11.5 Å². The highest BCUT2D eigenvalue weighted by molar-refractivity contribution is 7.99. The molecule has 0 radical (unpaired) electrons. The second-order valence-corrected chi connectivity index (χ2v) is 8.00. The first kappa shape index (κ1) is 21.2. The highest BCUT2D eigenvalue weighted by Gasteiger charge is 2.24. The largest absolute Gasteiger partial charge is 0.302 e. The van der Waals surface area contributed by atoms with Crippen molar-refractivity contribution in [2.24, 2.45) is 5.92 Å². The van der Waals surface area contributed by atoms with Crippen LogP contribution >= 0.6 is 23.4 Å². The van der Waals surface area contributed by atoms with Crippen LogP contribution in [0.2, 0.25) is 5.02 Å². The Morgan fingerprint density at radius 1 is 1.46 bits per heavy atom. The monoisotopic (exact) mass is 395 g/mol. The first-order valence-corrected chi connectivity index (χ1v) is 10.3. The van der Waals surface area contributed by atoms with Gasteiger partial charge in [0.25, 0.3) is 0 Å². The first-order valence-electron chi connectivity index (χ1n) is 8.97. The van der Waals surface area contributed by atoms with Crippen LogP contribution in [0, 0.1) is 12.8 Å². The van der Waals surface area contributed by atoms with Crippen molar-refractivity contribution in [3.05, 3.63) is 40.4 Å². The van der Waals surface area contributed by atoms with Crippen LogP contribution in [-0.2, 0) is 14.4 Å². The average molecular weight is 396 g/mol. The first-order chi connectivity index (χ1) is 12.5. The van der Waals surface area contributed by atoms with Crippen LogP contribution in [0.4, 0.5) is 0 Å². The van der Waals surface area contributed by atoms with Crippen molar-refractivity contribution in [3.63, 3.8) is 0 Å². The Labute approximate surface area is 164 Å². The summed E-state index contributed by atoms with van der Waals surface area (Å²) in [7, 11) is 0. The second-order valence-electron chi connectivity index (χ2n) is 6.46. The Balaban J connectivity index is 1.81. The molecule has 1 N–H and O–H groups in total. The third-order valence-corrected chi connectivity index (χ3v) is 6.12. The van der Waals surface area contributed by atoms with E-state index < -0.39 is 6.04 Å². The van der Waals surface area contributed by atoms with Crippen molar-refractivity contribution >= 4 is 35.4 Å². The molecule has 2 rings (SSSR count). The molecule has 2 atom stereocenters. The van der Waals surface area contributed by atoms with Gasteiger partial charge >= 0.3 is 0 Å². The van der Waals surface area contributed by atoms with Crippen LogP contribution in [0.1, 0.15) is 38.2 Å². The van der Waals surface area contributed by atoms with E-state index in [-0.39, 0.29) is 5.78 Å². The summed E-state index contributed by atoms with van der Waals surface area (Å²) in [5.41, 5.74) is 4.54. The smallest absolute Gasteiger partial charge is 0.158 e. The van der Waals surface area contributed by atoms with E-state index in [4.69, 9.17) is 16.4 Å². The summed E-state index contributed by atoms with van der Waals surface area (Å²) in [5.74, 6) is 1.48. The fraction of sp³-hybridized carbons (Fsp3) is 0.500. The number of nitrogens with one attached hydrogen (secondary N) is 1. The van der Waals surface area contributed by atoms with Crippen LogP contribution in [-0.4, -0.2) is 30.5 Å². The molecule has 142 valence electrons. The normalized spacial score (nSPS) is 18.5. The molecule has 0 amide bonds. The molecule has 0 bridgehead atoms. The van der Waals surface area contributed by atoms with Gasteiger partial charge in [0.05, 0.1) is 12.6 Å². The molecular weight excluding hydrogens is 370 g/mol. The summed E-state index contributed by atoms with van der Waals surface area (Å²) in [6.07, 6.45) is 5.61. The zero-order valence-electron chi connectivity index (χ0n) is 15.3. The predicted octanol–water partition coefficient (Wildman–Crippen LogP) is 4.53. The fourth-order valence-corrected chi connectivity index (χ4v) is 4.34. The number of Topliss-reactive ketones (excluding diaryl/α,β-unsaturated/α-hetero) is 1. The highest BCUT2D eigenvalue weighted by atomic mass is 35.5. The number of thioether (sulfide) groups is 1. The van der Waals surface area contributed by atoms with Crippen molar-refractivity contribution in [1.82, 2.24) is 5.48 Å². The minimum atomic E-state index is -0.469. The Morgan fingerprint density at radius 2 is 2.27 bits per heavy atom. The number of rotatable bonds is 10. The molecule has 0 fully saturated rings. The molecule has 1 aliphatic rings. The SMILES string of the molecule is CCONC(C=O)CC1=CCC(CCSc2cccc(Cl)c2C)CC1=O. The molecule has 6 heteroatoms. The maximum absolute atomic E-state index is 12.4. The molecular formula is C20H26ClNO3S. The van der Waals surface area contributed by atoms with Gasteiger partial charge in [-0.05, 0) is 68.0 Å². The zero-order chi connectivity index (χ0) is 18.9. The number of carbonyl (C=O) groups is 2.